The van der Waals surface area contributed by atoms with Gasteiger partial charge in [-0.2, -0.15) is 0 Å². The number of aromatic nitrogens is 1. The van der Waals surface area contributed by atoms with Crippen molar-refractivity contribution in [1.82, 2.24) is 9.71 Å². The van der Waals surface area contributed by atoms with E-state index in [0.717, 1.165) is 21.3 Å². The van der Waals surface area contributed by atoms with Crippen molar-refractivity contribution in [3.8, 4) is 11.1 Å². The molecule has 1 aromatic heterocycles. The number of rotatable bonds is 4. The summed E-state index contributed by atoms with van der Waals surface area (Å²) in [7, 11) is -3.89. The molecule has 3 aromatic carbocycles. The van der Waals surface area contributed by atoms with Gasteiger partial charge in [-0.3, -0.25) is 0 Å². The lowest BCUT2D eigenvalue weighted by atomic mass is 9.95. The van der Waals surface area contributed by atoms with Gasteiger partial charge in [0.25, 0.3) is 6.02 Å². The monoisotopic (exact) mass is 524 g/mol. The van der Waals surface area contributed by atoms with Gasteiger partial charge in [0.1, 0.15) is 16.7 Å². The van der Waals surface area contributed by atoms with Gasteiger partial charge in [0.2, 0.25) is 10.0 Å². The summed E-state index contributed by atoms with van der Waals surface area (Å²) < 4.78 is 50.2. The molecule has 1 aliphatic heterocycles. The third kappa shape index (κ3) is 4.54. The maximum absolute atomic E-state index is 14.2. The standard InChI is InChI=1S/C26H25FN4O3S2/c1-15(19-6-4-5-7-20(19)27)29-25-31-36(32,33)23(26(2,3)34-25)17-10-8-16(9-11-17)18-12-13-21-22(14-18)35-24(28)30-21/h4-15,23H,1-3H3,(H2,28,30)(H,29,31). The predicted octanol–water partition coefficient (Wildman–Crippen LogP) is 5.57. The Morgan fingerprint density at radius 3 is 2.50 bits per heavy atom. The van der Waals surface area contributed by atoms with E-state index in [-0.39, 0.29) is 6.02 Å². The highest BCUT2D eigenvalue weighted by atomic mass is 32.2. The fourth-order valence-corrected chi connectivity index (χ4v) is 7.08. The topological polar surface area (TPSA) is 107 Å². The molecule has 2 atom stereocenters. The van der Waals surface area contributed by atoms with Gasteiger partial charge >= 0.3 is 0 Å². The van der Waals surface area contributed by atoms with Gasteiger partial charge in [-0.15, -0.1) is 0 Å². The second kappa shape index (κ2) is 8.86. The number of nitrogens with zero attached hydrogens (tertiary/aromatic N) is 2. The number of benzene rings is 3. The van der Waals surface area contributed by atoms with E-state index in [1.807, 2.05) is 30.3 Å². The summed E-state index contributed by atoms with van der Waals surface area (Å²) >= 11 is 1.42. The summed E-state index contributed by atoms with van der Waals surface area (Å²) in [6.45, 7) is 5.09. The minimum Gasteiger partial charge on any atom is -0.457 e. The van der Waals surface area contributed by atoms with Crippen LogP contribution in [0.1, 0.15) is 43.2 Å². The molecule has 0 radical (unpaired) electrons. The number of aliphatic imine (C=N–C) groups is 1. The molecule has 1 saturated heterocycles. The lowest BCUT2D eigenvalue weighted by molar-refractivity contribution is 0.0761. The van der Waals surface area contributed by atoms with E-state index in [9.17, 15) is 12.8 Å². The second-order valence-corrected chi connectivity index (χ2v) is 12.0. The molecule has 1 aliphatic rings. The van der Waals surface area contributed by atoms with Crippen LogP contribution in [-0.4, -0.2) is 25.0 Å². The number of hydrogen-bond donors (Lipinski definition) is 2. The van der Waals surface area contributed by atoms with Gasteiger partial charge in [-0.05, 0) is 55.7 Å². The quantitative estimate of drug-likeness (QED) is 0.363. The molecule has 0 bridgehead atoms. The molecule has 0 spiro atoms. The largest absolute Gasteiger partial charge is 0.457 e. The van der Waals surface area contributed by atoms with E-state index in [1.54, 1.807) is 51.1 Å². The van der Waals surface area contributed by atoms with Crippen molar-refractivity contribution >= 4 is 42.7 Å². The van der Waals surface area contributed by atoms with Crippen molar-refractivity contribution in [3.05, 3.63) is 83.7 Å². The molecular weight excluding hydrogens is 499 g/mol. The molecule has 0 amide bonds. The number of nitrogen functional groups attached to an aromatic ring is 1. The molecule has 10 heteroatoms. The van der Waals surface area contributed by atoms with E-state index >= 15 is 0 Å². The Labute approximate surface area is 212 Å². The van der Waals surface area contributed by atoms with E-state index < -0.39 is 32.7 Å². The Bertz CT molecular complexity index is 1580. The van der Waals surface area contributed by atoms with Crippen molar-refractivity contribution in [2.45, 2.75) is 37.7 Å². The lowest BCUT2D eigenvalue weighted by Crippen LogP contribution is -2.53. The first kappa shape index (κ1) is 24.2. The molecule has 7 nitrogen and oxygen atoms in total. The molecule has 3 N–H and O–H groups in total. The summed E-state index contributed by atoms with van der Waals surface area (Å²) in [4.78, 5) is 8.60. The van der Waals surface area contributed by atoms with Crippen LogP contribution in [-0.2, 0) is 14.8 Å². The number of nitrogens with one attached hydrogen (secondary N) is 1. The SMILES string of the molecule is CC(N=C1NS(=O)(=O)C(c2ccc(-c3ccc4nc(N)sc4c3)cc2)C(C)(C)O1)c1ccccc1F. The highest BCUT2D eigenvalue weighted by molar-refractivity contribution is 7.90. The predicted molar refractivity (Wildman–Crippen MR) is 142 cm³/mol. The smallest absolute Gasteiger partial charge is 0.299 e. The Morgan fingerprint density at radius 1 is 1.11 bits per heavy atom. The Morgan fingerprint density at radius 2 is 1.81 bits per heavy atom. The van der Waals surface area contributed by atoms with Crippen LogP contribution in [0.4, 0.5) is 9.52 Å². The van der Waals surface area contributed by atoms with Crippen LogP contribution in [0.25, 0.3) is 21.3 Å². The third-order valence-corrected chi connectivity index (χ3v) is 8.92. The Balaban J connectivity index is 1.42. The minimum absolute atomic E-state index is 0.152. The van der Waals surface area contributed by atoms with Crippen molar-refractivity contribution in [2.24, 2.45) is 4.99 Å². The molecule has 2 heterocycles. The zero-order valence-corrected chi connectivity index (χ0v) is 21.5. The van der Waals surface area contributed by atoms with Crippen LogP contribution in [0.5, 0.6) is 0 Å². The molecule has 36 heavy (non-hydrogen) atoms. The molecule has 186 valence electrons. The number of halogens is 1. The average molecular weight is 525 g/mol. The number of ether oxygens (including phenoxy) is 1. The fourth-order valence-electron chi connectivity index (χ4n) is 4.54. The minimum atomic E-state index is -3.89. The molecular formula is C26H25FN4O3S2. The first-order valence-electron chi connectivity index (χ1n) is 11.3. The van der Waals surface area contributed by atoms with Gasteiger partial charge in [-0.25, -0.2) is 27.5 Å². The van der Waals surface area contributed by atoms with Crippen LogP contribution in [0.3, 0.4) is 0 Å². The summed E-state index contributed by atoms with van der Waals surface area (Å²) in [6.07, 6.45) is 0. The number of sulfonamides is 1. The summed E-state index contributed by atoms with van der Waals surface area (Å²) in [5.74, 6) is -0.414. The zero-order valence-electron chi connectivity index (χ0n) is 19.9. The van der Waals surface area contributed by atoms with Crippen LogP contribution in [0.2, 0.25) is 0 Å². The number of fused-ring (bicyclic) bond motifs is 1. The molecule has 0 saturated carbocycles. The Kier molecular flexibility index (Phi) is 5.96. The van der Waals surface area contributed by atoms with E-state index in [2.05, 4.69) is 14.7 Å². The van der Waals surface area contributed by atoms with Crippen LogP contribution in [0.15, 0.2) is 71.7 Å². The summed E-state index contributed by atoms with van der Waals surface area (Å²) in [5, 5.41) is -0.466. The van der Waals surface area contributed by atoms with Crippen LogP contribution in [0, 0.1) is 5.82 Å². The van der Waals surface area contributed by atoms with E-state index in [0.29, 0.717) is 16.3 Å². The number of hydrogen-bond acceptors (Lipinski definition) is 7. The molecule has 0 aliphatic carbocycles. The van der Waals surface area contributed by atoms with Gasteiger partial charge in [0.05, 0.1) is 16.3 Å². The lowest BCUT2D eigenvalue weighted by Gasteiger charge is -2.39. The first-order valence-corrected chi connectivity index (χ1v) is 13.7. The highest BCUT2D eigenvalue weighted by Gasteiger charge is 2.48. The Hall–Kier alpha value is -3.50. The van der Waals surface area contributed by atoms with Gasteiger partial charge < -0.3 is 10.5 Å². The number of nitrogens with two attached hydrogens (primary N) is 1. The van der Waals surface area contributed by atoms with E-state index in [1.165, 1.54) is 17.4 Å². The second-order valence-electron chi connectivity index (χ2n) is 9.22. The molecule has 1 fully saturated rings. The first-order chi connectivity index (χ1) is 17.0. The van der Waals surface area contributed by atoms with Crippen LogP contribution >= 0.6 is 11.3 Å². The highest BCUT2D eigenvalue weighted by Crippen LogP contribution is 2.40. The number of thiazole rings is 1. The number of anilines is 1. The summed E-state index contributed by atoms with van der Waals surface area (Å²) in [6, 6.07) is 18.7. The molecule has 5 rings (SSSR count). The van der Waals surface area contributed by atoms with E-state index in [4.69, 9.17) is 10.5 Å². The van der Waals surface area contributed by atoms with Crippen molar-refractivity contribution in [1.29, 1.82) is 0 Å². The maximum Gasteiger partial charge on any atom is 0.299 e. The van der Waals surface area contributed by atoms with Crippen LogP contribution < -0.4 is 10.5 Å². The third-order valence-electron chi connectivity index (χ3n) is 6.15. The average Bonchev–Trinajstić information content (AvgIpc) is 3.17. The van der Waals surface area contributed by atoms with Gasteiger partial charge in [-0.1, -0.05) is 59.9 Å². The van der Waals surface area contributed by atoms with Crippen molar-refractivity contribution < 1.29 is 17.5 Å². The van der Waals surface area contributed by atoms with Crippen molar-refractivity contribution in [2.75, 3.05) is 5.73 Å². The zero-order chi connectivity index (χ0) is 25.7. The van der Waals surface area contributed by atoms with Crippen molar-refractivity contribution in [3.63, 3.8) is 0 Å². The summed E-state index contributed by atoms with van der Waals surface area (Å²) in [5.41, 5.74) is 8.38. The number of amidine groups is 1. The molecule has 4 aromatic rings. The van der Waals surface area contributed by atoms with Gasteiger partial charge in [0, 0.05) is 5.56 Å². The van der Waals surface area contributed by atoms with Gasteiger partial charge in [0.15, 0.2) is 5.13 Å². The maximum atomic E-state index is 14.2. The molecule has 2 unspecified atom stereocenters. The fraction of sp³-hybridized carbons (Fsp3) is 0.231. The normalized spacial score (nSPS) is 20.6.